The maximum absolute atomic E-state index is 16.4. The molecular formula is C47H60N2O. The first-order chi connectivity index (χ1) is 24.5. The average molecular weight is 669 g/mol. The maximum Gasteiger partial charge on any atom is 0.197 e. The number of aromatic nitrogens is 2. The molecule has 0 atom stereocenters. The van der Waals surface area contributed by atoms with Gasteiger partial charge in [0, 0.05) is 57.1 Å². The molecule has 0 amide bonds. The van der Waals surface area contributed by atoms with E-state index in [0.29, 0.717) is 5.78 Å². The fraction of sp³-hybridized carbons (Fsp3) is 0.638. The Hall–Kier alpha value is -2.81. The molecule has 8 aliphatic rings. The lowest BCUT2D eigenvalue weighted by molar-refractivity contribution is -0.00934. The molecule has 2 aromatic carbocycles. The van der Waals surface area contributed by atoms with E-state index in [0.717, 1.165) is 59.7 Å². The van der Waals surface area contributed by atoms with Crippen LogP contribution in [0, 0.1) is 35.5 Å². The molecule has 0 spiro atoms. The Labute approximate surface area is 300 Å². The summed E-state index contributed by atoms with van der Waals surface area (Å²) in [5.74, 6) is 5.42. The van der Waals surface area contributed by atoms with Gasteiger partial charge in [0.25, 0.3) is 0 Å². The number of ketones is 1. The lowest BCUT2D eigenvalue weighted by Crippen LogP contribution is -2.50. The van der Waals surface area contributed by atoms with Crippen molar-refractivity contribution in [3.8, 4) is 0 Å². The summed E-state index contributed by atoms with van der Waals surface area (Å²) in [6, 6.07) is 18.3. The van der Waals surface area contributed by atoms with Crippen LogP contribution in [0.5, 0.6) is 0 Å². The molecular weight excluding hydrogens is 609 g/mol. The summed E-state index contributed by atoms with van der Waals surface area (Å²) in [4.78, 5) is 16.4. The Morgan fingerprint density at radius 2 is 0.880 bits per heavy atom. The molecule has 0 aliphatic heterocycles. The second-order valence-corrected chi connectivity index (χ2v) is 18.9. The van der Waals surface area contributed by atoms with E-state index in [4.69, 9.17) is 0 Å². The Bertz CT molecular complexity index is 1730. The van der Waals surface area contributed by atoms with Gasteiger partial charge in [-0.2, -0.15) is 0 Å². The number of nitrogens with zero attached hydrogens (tertiary/aromatic N) is 2. The summed E-state index contributed by atoms with van der Waals surface area (Å²) in [6.45, 7) is 6.73. The van der Waals surface area contributed by atoms with E-state index in [1.165, 1.54) is 149 Å². The van der Waals surface area contributed by atoms with E-state index in [-0.39, 0.29) is 10.8 Å². The third kappa shape index (κ3) is 4.83. The van der Waals surface area contributed by atoms with Gasteiger partial charge in [-0.3, -0.25) is 4.79 Å². The smallest absolute Gasteiger partial charge is 0.197 e. The highest BCUT2D eigenvalue weighted by Gasteiger charge is 2.56. The van der Waals surface area contributed by atoms with E-state index in [9.17, 15) is 0 Å². The number of aryl methyl sites for hydroxylation is 2. The topological polar surface area (TPSA) is 26.9 Å². The zero-order chi connectivity index (χ0) is 33.6. The van der Waals surface area contributed by atoms with Crippen LogP contribution in [0.4, 0.5) is 0 Å². The number of para-hydroxylation sites is 2. The van der Waals surface area contributed by atoms with E-state index in [1.54, 1.807) is 0 Å². The average Bonchev–Trinajstić information content (AvgIpc) is 3.61. The van der Waals surface area contributed by atoms with Crippen molar-refractivity contribution in [1.82, 2.24) is 9.13 Å². The van der Waals surface area contributed by atoms with Crippen LogP contribution >= 0.6 is 0 Å². The fourth-order valence-corrected chi connectivity index (χ4v) is 14.6. The molecule has 264 valence electrons. The van der Waals surface area contributed by atoms with Crippen LogP contribution in [-0.2, 0) is 23.9 Å². The number of carbonyl (C=O) groups is 1. The molecule has 12 rings (SSSR count). The minimum atomic E-state index is 0.144. The zero-order valence-electron chi connectivity index (χ0n) is 31.0. The lowest BCUT2D eigenvalue weighted by atomic mass is 9.48. The molecule has 8 bridgehead atoms. The Kier molecular flexibility index (Phi) is 7.73. The van der Waals surface area contributed by atoms with Crippen molar-refractivity contribution < 1.29 is 4.79 Å². The number of fused-ring (bicyclic) bond motifs is 2. The van der Waals surface area contributed by atoms with Gasteiger partial charge >= 0.3 is 0 Å². The van der Waals surface area contributed by atoms with Gasteiger partial charge in [-0.05, 0) is 138 Å². The van der Waals surface area contributed by atoms with E-state index in [2.05, 4.69) is 71.5 Å². The highest BCUT2D eigenvalue weighted by atomic mass is 16.1. The fourth-order valence-electron chi connectivity index (χ4n) is 14.6. The van der Waals surface area contributed by atoms with Gasteiger partial charge in [-0.25, -0.2) is 0 Å². The van der Waals surface area contributed by atoms with Crippen LogP contribution in [-0.4, -0.2) is 14.9 Å². The van der Waals surface area contributed by atoms with Crippen molar-refractivity contribution in [2.75, 3.05) is 0 Å². The van der Waals surface area contributed by atoms with Crippen molar-refractivity contribution in [2.45, 2.75) is 153 Å². The molecule has 0 N–H and O–H groups in total. The third-order valence-corrected chi connectivity index (χ3v) is 15.4. The molecule has 2 heterocycles. The molecule has 0 saturated heterocycles. The standard InChI is InChI=1S/C47H60N2O/c1-3-5-11-17-48-39-15-9-7-13-37(39)41(44(48)46-25-31-19-32(26-46)21-33(20-31)27-46)43(50)42-38-14-8-10-16-40(38)49(18-12-6-4-2)45(42)47-28-34-22-35(29-47)24-36(23-34)30-47/h7-10,13-16,31-36H,3-6,11-12,17-30H2,1-2H3. The summed E-state index contributed by atoms with van der Waals surface area (Å²) in [7, 11) is 0. The van der Waals surface area contributed by atoms with Crippen molar-refractivity contribution in [1.29, 1.82) is 0 Å². The number of unbranched alkanes of at least 4 members (excludes halogenated alkanes) is 4. The third-order valence-electron chi connectivity index (χ3n) is 15.4. The molecule has 8 aliphatic carbocycles. The van der Waals surface area contributed by atoms with Gasteiger partial charge in [0.05, 0.1) is 11.1 Å². The number of hydrogen-bond acceptors (Lipinski definition) is 1. The van der Waals surface area contributed by atoms with Crippen molar-refractivity contribution in [3.05, 3.63) is 71.0 Å². The minimum Gasteiger partial charge on any atom is -0.343 e. The molecule has 0 unspecified atom stereocenters. The van der Waals surface area contributed by atoms with Gasteiger partial charge in [-0.15, -0.1) is 0 Å². The highest BCUT2D eigenvalue weighted by molar-refractivity contribution is 6.23. The molecule has 8 fully saturated rings. The van der Waals surface area contributed by atoms with Gasteiger partial charge in [0.2, 0.25) is 0 Å². The molecule has 2 aromatic heterocycles. The summed E-state index contributed by atoms with van der Waals surface area (Å²) in [6.07, 6.45) is 23.7. The van der Waals surface area contributed by atoms with Crippen LogP contribution in [0.3, 0.4) is 0 Å². The predicted molar refractivity (Wildman–Crippen MR) is 206 cm³/mol. The largest absolute Gasteiger partial charge is 0.343 e. The summed E-state index contributed by atoms with van der Waals surface area (Å²) in [5.41, 5.74) is 8.09. The van der Waals surface area contributed by atoms with Crippen LogP contribution in [0.25, 0.3) is 21.8 Å². The summed E-state index contributed by atoms with van der Waals surface area (Å²) < 4.78 is 5.46. The van der Waals surface area contributed by atoms with Crippen LogP contribution in [0.15, 0.2) is 48.5 Å². The van der Waals surface area contributed by atoms with Gasteiger partial charge in [0.1, 0.15) is 0 Å². The number of benzene rings is 2. The zero-order valence-corrected chi connectivity index (χ0v) is 31.0. The Morgan fingerprint density at radius 3 is 1.22 bits per heavy atom. The van der Waals surface area contributed by atoms with Gasteiger partial charge in [0.15, 0.2) is 5.78 Å². The minimum absolute atomic E-state index is 0.144. The summed E-state index contributed by atoms with van der Waals surface area (Å²) >= 11 is 0. The Balaban J connectivity index is 1.23. The first-order valence-corrected chi connectivity index (χ1v) is 21.3. The van der Waals surface area contributed by atoms with Crippen LogP contribution in [0.1, 0.15) is 157 Å². The molecule has 0 radical (unpaired) electrons. The first kappa shape index (κ1) is 31.9. The van der Waals surface area contributed by atoms with Gasteiger partial charge < -0.3 is 9.13 Å². The normalized spacial score (nSPS) is 33.7. The SMILES string of the molecule is CCCCCn1c(C23CC4CC(CC(C4)C2)C3)c(C(=O)c2c(C34CC5CC(CC(C5)C3)C4)n(CCCCC)c3ccccc23)c2ccccc21. The molecule has 8 saturated carbocycles. The van der Waals surface area contributed by atoms with E-state index >= 15 is 4.79 Å². The second-order valence-electron chi connectivity index (χ2n) is 18.9. The number of rotatable bonds is 12. The number of hydrogen-bond donors (Lipinski definition) is 0. The van der Waals surface area contributed by atoms with Crippen LogP contribution < -0.4 is 0 Å². The molecule has 3 heteroatoms. The summed E-state index contributed by atoms with van der Waals surface area (Å²) in [5, 5.41) is 2.47. The monoisotopic (exact) mass is 668 g/mol. The van der Waals surface area contributed by atoms with Crippen molar-refractivity contribution in [2.24, 2.45) is 35.5 Å². The predicted octanol–water partition coefficient (Wildman–Crippen LogP) is 12.1. The van der Waals surface area contributed by atoms with Crippen molar-refractivity contribution >= 4 is 27.6 Å². The second kappa shape index (κ2) is 12.1. The first-order valence-electron chi connectivity index (χ1n) is 21.3. The highest BCUT2D eigenvalue weighted by Crippen LogP contribution is 2.64. The van der Waals surface area contributed by atoms with E-state index < -0.39 is 0 Å². The quantitative estimate of drug-likeness (QED) is 0.109. The molecule has 4 aromatic rings. The van der Waals surface area contributed by atoms with E-state index in [1.807, 2.05) is 0 Å². The molecule has 50 heavy (non-hydrogen) atoms. The number of carbonyl (C=O) groups excluding carboxylic acids is 1. The maximum atomic E-state index is 16.4. The molecule has 3 nitrogen and oxygen atoms in total. The Morgan fingerprint density at radius 1 is 0.540 bits per heavy atom. The lowest BCUT2D eigenvalue weighted by Gasteiger charge is -2.57. The van der Waals surface area contributed by atoms with Gasteiger partial charge in [-0.1, -0.05) is 75.9 Å². The van der Waals surface area contributed by atoms with Crippen LogP contribution in [0.2, 0.25) is 0 Å². The van der Waals surface area contributed by atoms with Crippen molar-refractivity contribution in [3.63, 3.8) is 0 Å².